The van der Waals surface area contributed by atoms with Crippen molar-refractivity contribution in [3.63, 3.8) is 0 Å². The van der Waals surface area contributed by atoms with Crippen LogP contribution < -0.4 is 5.32 Å². The van der Waals surface area contributed by atoms with Gasteiger partial charge in [0.25, 0.3) is 5.91 Å². The van der Waals surface area contributed by atoms with Gasteiger partial charge in [-0.1, -0.05) is 11.8 Å². The number of carbonyl (C=O) groups is 2. The van der Waals surface area contributed by atoms with E-state index in [-0.39, 0.29) is 25.0 Å². The highest BCUT2D eigenvalue weighted by Crippen LogP contribution is 2.15. The molecule has 5 nitrogen and oxygen atoms in total. The first kappa shape index (κ1) is 15.2. The minimum Gasteiger partial charge on any atom is -0.395 e. The molecule has 6 heteroatoms. The summed E-state index contributed by atoms with van der Waals surface area (Å²) < 4.78 is 0. The second-order valence-electron chi connectivity index (χ2n) is 3.91. The molecule has 0 radical (unpaired) electrons. The first-order valence-electron chi connectivity index (χ1n) is 5.72. The molecule has 102 valence electrons. The molecule has 2 N–H and O–H groups in total. The van der Waals surface area contributed by atoms with Crippen LogP contribution in [0.3, 0.4) is 0 Å². The predicted molar refractivity (Wildman–Crippen MR) is 73.9 cm³/mol. The molecule has 0 fully saturated rings. The van der Waals surface area contributed by atoms with Crippen LogP contribution in [0.1, 0.15) is 21.7 Å². The van der Waals surface area contributed by atoms with Crippen LogP contribution in [0.5, 0.6) is 0 Å². The highest BCUT2D eigenvalue weighted by atomic mass is 32.1. The maximum atomic E-state index is 11.9. The summed E-state index contributed by atoms with van der Waals surface area (Å²) in [6.45, 7) is -0.0384. The van der Waals surface area contributed by atoms with E-state index in [1.54, 1.807) is 25.5 Å². The number of likely N-dealkylation sites (N-methyl/N-ethyl adjacent to an activating group) is 1. The van der Waals surface area contributed by atoms with Crippen LogP contribution in [0.15, 0.2) is 11.4 Å². The van der Waals surface area contributed by atoms with E-state index in [1.165, 1.54) is 16.2 Å². The molecule has 0 aromatic carbocycles. The minimum absolute atomic E-state index is 0.00396. The third kappa shape index (κ3) is 4.73. The summed E-state index contributed by atoms with van der Waals surface area (Å²) in [4.78, 5) is 25.2. The fraction of sp³-hybridized carbons (Fsp3) is 0.385. The average Bonchev–Trinajstić information content (AvgIpc) is 2.84. The van der Waals surface area contributed by atoms with Crippen molar-refractivity contribution in [3.8, 4) is 11.8 Å². The minimum atomic E-state index is -0.307. The zero-order valence-electron chi connectivity index (χ0n) is 10.9. The van der Waals surface area contributed by atoms with Gasteiger partial charge in [-0.25, -0.2) is 0 Å². The van der Waals surface area contributed by atoms with Crippen LogP contribution in [0, 0.1) is 11.8 Å². The normalized spacial score (nSPS) is 9.42. The second kappa shape index (κ2) is 7.56. The molecule has 1 aromatic rings. The Morgan fingerprint density at radius 1 is 1.47 bits per heavy atom. The van der Waals surface area contributed by atoms with Crippen molar-refractivity contribution >= 4 is 23.2 Å². The Kier molecular flexibility index (Phi) is 6.06. The van der Waals surface area contributed by atoms with E-state index in [4.69, 9.17) is 5.11 Å². The van der Waals surface area contributed by atoms with Gasteiger partial charge in [0, 0.05) is 26.1 Å². The van der Waals surface area contributed by atoms with E-state index in [1.807, 2.05) is 0 Å². The van der Waals surface area contributed by atoms with Crippen molar-refractivity contribution in [1.29, 1.82) is 0 Å². The predicted octanol–water partition coefficient (Wildman–Crippen LogP) is 0.300. The van der Waals surface area contributed by atoms with Crippen LogP contribution in [0.25, 0.3) is 0 Å². The Morgan fingerprint density at radius 2 is 2.21 bits per heavy atom. The van der Waals surface area contributed by atoms with Crippen LogP contribution in [-0.2, 0) is 4.79 Å². The summed E-state index contributed by atoms with van der Waals surface area (Å²) in [5.41, 5.74) is 0.619. The van der Waals surface area contributed by atoms with Gasteiger partial charge in [0.15, 0.2) is 0 Å². The number of hydrogen-bond donors (Lipinski definition) is 2. The van der Waals surface area contributed by atoms with Crippen molar-refractivity contribution in [1.82, 2.24) is 10.2 Å². The van der Waals surface area contributed by atoms with Crippen molar-refractivity contribution in [3.05, 3.63) is 21.9 Å². The van der Waals surface area contributed by atoms with E-state index in [9.17, 15) is 9.59 Å². The lowest BCUT2D eigenvalue weighted by Crippen LogP contribution is -2.36. The zero-order valence-corrected chi connectivity index (χ0v) is 11.7. The number of nitrogens with one attached hydrogen (secondary N) is 1. The fourth-order valence-electron chi connectivity index (χ4n) is 1.19. The van der Waals surface area contributed by atoms with Gasteiger partial charge in [-0.3, -0.25) is 9.59 Å². The number of thiophene rings is 1. The molecule has 0 aliphatic carbocycles. The quantitative estimate of drug-likeness (QED) is 0.779. The highest BCUT2D eigenvalue weighted by Gasteiger charge is 2.13. The topological polar surface area (TPSA) is 69.6 Å². The van der Waals surface area contributed by atoms with Crippen LogP contribution in [-0.4, -0.2) is 49.1 Å². The van der Waals surface area contributed by atoms with E-state index >= 15 is 0 Å². The molecule has 1 aromatic heterocycles. The lowest BCUT2D eigenvalue weighted by Gasteiger charge is -2.10. The van der Waals surface area contributed by atoms with Gasteiger partial charge in [-0.2, -0.15) is 0 Å². The number of hydrogen-bond acceptors (Lipinski definition) is 4. The Balaban J connectivity index is 2.66. The summed E-state index contributed by atoms with van der Waals surface area (Å²) in [5.74, 6) is 5.12. The van der Waals surface area contributed by atoms with Gasteiger partial charge in [0.2, 0.25) is 5.91 Å². The van der Waals surface area contributed by atoms with Crippen LogP contribution >= 0.6 is 11.3 Å². The smallest absolute Gasteiger partial charge is 0.263 e. The SMILES string of the molecule is CN(C)C(=O)CNC(=O)c1sccc1C#CCCO. The first-order chi connectivity index (χ1) is 9.06. The molecule has 1 heterocycles. The summed E-state index contributed by atoms with van der Waals surface area (Å²) >= 11 is 1.27. The van der Waals surface area contributed by atoms with Crippen molar-refractivity contribution in [2.75, 3.05) is 27.2 Å². The average molecular weight is 280 g/mol. The van der Waals surface area contributed by atoms with Crippen molar-refractivity contribution in [2.45, 2.75) is 6.42 Å². The standard InChI is InChI=1S/C13H16N2O3S/c1-15(2)11(17)9-14-13(18)12-10(6-8-19-12)5-3-4-7-16/h6,8,16H,4,7,9H2,1-2H3,(H,14,18). The lowest BCUT2D eigenvalue weighted by molar-refractivity contribution is -0.127. The maximum Gasteiger partial charge on any atom is 0.263 e. The third-order valence-electron chi connectivity index (χ3n) is 2.23. The summed E-state index contributed by atoms with van der Waals surface area (Å²) in [5, 5.41) is 13.0. The number of nitrogens with zero attached hydrogens (tertiary/aromatic N) is 1. The van der Waals surface area contributed by atoms with Gasteiger partial charge < -0.3 is 15.3 Å². The molecule has 0 bridgehead atoms. The van der Waals surface area contributed by atoms with Crippen LogP contribution in [0.2, 0.25) is 0 Å². The third-order valence-corrected chi connectivity index (χ3v) is 3.14. The van der Waals surface area contributed by atoms with Crippen molar-refractivity contribution < 1.29 is 14.7 Å². The number of aliphatic hydroxyl groups is 1. The number of amides is 2. The molecular weight excluding hydrogens is 264 g/mol. The number of rotatable bonds is 4. The highest BCUT2D eigenvalue weighted by molar-refractivity contribution is 7.12. The molecule has 0 aliphatic heterocycles. The summed E-state index contributed by atoms with van der Waals surface area (Å²) in [6.07, 6.45) is 0.371. The molecule has 0 aliphatic rings. The van der Waals surface area contributed by atoms with E-state index in [2.05, 4.69) is 17.2 Å². The fourth-order valence-corrected chi connectivity index (χ4v) is 1.96. The zero-order chi connectivity index (χ0) is 14.3. The largest absolute Gasteiger partial charge is 0.395 e. The Morgan fingerprint density at radius 3 is 2.84 bits per heavy atom. The molecular formula is C13H16N2O3S. The van der Waals surface area contributed by atoms with E-state index in [0.29, 0.717) is 16.9 Å². The summed E-state index contributed by atoms with van der Waals surface area (Å²) in [6, 6.07) is 1.75. The van der Waals surface area contributed by atoms with Crippen molar-refractivity contribution in [2.24, 2.45) is 0 Å². The molecule has 0 spiro atoms. The number of carbonyl (C=O) groups excluding carboxylic acids is 2. The molecule has 1 rings (SSSR count). The second-order valence-corrected chi connectivity index (χ2v) is 4.83. The van der Waals surface area contributed by atoms with E-state index in [0.717, 1.165) is 0 Å². The van der Waals surface area contributed by atoms with Gasteiger partial charge >= 0.3 is 0 Å². The van der Waals surface area contributed by atoms with E-state index < -0.39 is 0 Å². The van der Waals surface area contributed by atoms with Gasteiger partial charge in [-0.05, 0) is 11.4 Å². The first-order valence-corrected chi connectivity index (χ1v) is 6.59. The Hall–Kier alpha value is -1.84. The molecule has 0 unspecified atom stereocenters. The maximum absolute atomic E-state index is 11.9. The molecule has 0 saturated heterocycles. The monoisotopic (exact) mass is 280 g/mol. The molecule has 19 heavy (non-hydrogen) atoms. The Bertz CT molecular complexity index is 511. The summed E-state index contributed by atoms with van der Waals surface area (Å²) in [7, 11) is 3.26. The molecule has 2 amide bonds. The van der Waals surface area contributed by atoms with Crippen LogP contribution in [0.4, 0.5) is 0 Å². The van der Waals surface area contributed by atoms with Gasteiger partial charge in [0.1, 0.15) is 4.88 Å². The lowest BCUT2D eigenvalue weighted by atomic mass is 10.2. The van der Waals surface area contributed by atoms with Gasteiger partial charge in [0.05, 0.1) is 13.2 Å². The molecule has 0 saturated carbocycles. The molecule has 0 atom stereocenters. The Labute approximate surface area is 116 Å². The number of aliphatic hydroxyl groups excluding tert-OH is 1. The van der Waals surface area contributed by atoms with Gasteiger partial charge in [-0.15, -0.1) is 11.3 Å².